The van der Waals surface area contributed by atoms with Crippen LogP contribution in [0.3, 0.4) is 0 Å². The highest BCUT2D eigenvalue weighted by molar-refractivity contribution is 5.85. The highest BCUT2D eigenvalue weighted by Crippen LogP contribution is 1.86. The van der Waals surface area contributed by atoms with Gasteiger partial charge >= 0.3 is 0 Å². The number of rotatable bonds is 2. The standard InChI is InChI=1S/C6H14N.C5H5N.2ClH/c1-5-6-7(2,3)4;1-2-4-6-5-3-1;;/h5H,1,6H2,2-4H3;1-5H;2*1H/q+1;;;. The first-order chi connectivity index (χ1) is 6.06. The minimum Gasteiger partial charge on any atom is -0.328 e. The molecule has 4 heteroatoms. The lowest BCUT2D eigenvalue weighted by atomic mass is 10.5. The van der Waals surface area contributed by atoms with Gasteiger partial charge in [-0.2, -0.15) is 0 Å². The second-order valence-electron chi connectivity index (χ2n) is 3.79. The molecule has 0 N–H and O–H groups in total. The van der Waals surface area contributed by atoms with Gasteiger partial charge in [-0.15, -0.1) is 24.8 Å². The summed E-state index contributed by atoms with van der Waals surface area (Å²) in [6.45, 7) is 4.67. The average Bonchev–Trinajstić information content (AvgIpc) is 2.06. The molecule has 0 aliphatic heterocycles. The monoisotopic (exact) mass is 251 g/mol. The van der Waals surface area contributed by atoms with Crippen molar-refractivity contribution in [3.63, 3.8) is 0 Å². The number of halogens is 2. The number of likely N-dealkylation sites (N-methyl/N-ethyl adjacent to an activating group) is 1. The molecule has 1 aromatic rings. The summed E-state index contributed by atoms with van der Waals surface area (Å²) < 4.78 is 0.976. The Morgan fingerprint density at radius 2 is 1.53 bits per heavy atom. The van der Waals surface area contributed by atoms with Crippen molar-refractivity contribution < 1.29 is 4.48 Å². The van der Waals surface area contributed by atoms with E-state index in [0.717, 1.165) is 11.0 Å². The Kier molecular flexibility index (Phi) is 15.3. The van der Waals surface area contributed by atoms with Gasteiger partial charge in [0.05, 0.1) is 27.7 Å². The van der Waals surface area contributed by atoms with Crippen LogP contribution < -0.4 is 0 Å². The molecular formula is C11H21Cl2N2+. The zero-order chi connectivity index (χ0) is 10.2. The van der Waals surface area contributed by atoms with Gasteiger partial charge in [-0.3, -0.25) is 4.98 Å². The smallest absolute Gasteiger partial charge is 0.0964 e. The maximum Gasteiger partial charge on any atom is 0.0964 e. The van der Waals surface area contributed by atoms with Crippen LogP contribution in [0.1, 0.15) is 0 Å². The first kappa shape index (κ1) is 19.9. The lowest BCUT2D eigenvalue weighted by molar-refractivity contribution is -0.864. The molecular weight excluding hydrogens is 231 g/mol. The van der Waals surface area contributed by atoms with E-state index in [1.165, 1.54) is 0 Å². The third kappa shape index (κ3) is 19.7. The fraction of sp³-hybridized carbons (Fsp3) is 0.364. The van der Waals surface area contributed by atoms with Crippen LogP contribution in [-0.2, 0) is 0 Å². The molecule has 0 aromatic carbocycles. The number of hydrogen-bond acceptors (Lipinski definition) is 1. The molecule has 0 aliphatic carbocycles. The molecule has 0 amide bonds. The van der Waals surface area contributed by atoms with E-state index in [-0.39, 0.29) is 24.8 Å². The molecule has 1 aromatic heterocycles. The zero-order valence-electron chi connectivity index (χ0n) is 9.59. The molecule has 0 spiro atoms. The Morgan fingerprint density at radius 3 is 1.60 bits per heavy atom. The SMILES string of the molecule is C=CC[N+](C)(C)C.Cl.Cl.c1ccncc1. The van der Waals surface area contributed by atoms with Gasteiger partial charge in [0.25, 0.3) is 0 Å². The van der Waals surface area contributed by atoms with Crippen LogP contribution in [-0.4, -0.2) is 37.2 Å². The fourth-order valence-corrected chi connectivity index (χ4v) is 0.700. The van der Waals surface area contributed by atoms with Crippen molar-refractivity contribution in [3.05, 3.63) is 43.2 Å². The summed E-state index contributed by atoms with van der Waals surface area (Å²) in [6, 6.07) is 5.72. The molecule has 0 fully saturated rings. The Hall–Kier alpha value is -0.570. The highest BCUT2D eigenvalue weighted by Gasteiger charge is 1.99. The van der Waals surface area contributed by atoms with E-state index in [4.69, 9.17) is 0 Å². The lowest BCUT2D eigenvalue weighted by Gasteiger charge is -2.21. The van der Waals surface area contributed by atoms with Gasteiger partial charge in [0.1, 0.15) is 0 Å². The van der Waals surface area contributed by atoms with E-state index in [1.54, 1.807) is 12.4 Å². The summed E-state index contributed by atoms with van der Waals surface area (Å²) in [6.07, 6.45) is 5.43. The molecule has 1 rings (SSSR count). The molecule has 0 bridgehead atoms. The zero-order valence-corrected chi connectivity index (χ0v) is 11.2. The first-order valence-electron chi connectivity index (χ1n) is 4.32. The van der Waals surface area contributed by atoms with E-state index in [9.17, 15) is 0 Å². The number of hydrogen-bond donors (Lipinski definition) is 0. The summed E-state index contributed by atoms with van der Waals surface area (Å²) >= 11 is 0. The van der Waals surface area contributed by atoms with Crippen LogP contribution in [0.25, 0.3) is 0 Å². The Balaban J connectivity index is -0.000000170. The van der Waals surface area contributed by atoms with Crippen molar-refractivity contribution in [1.82, 2.24) is 4.98 Å². The second kappa shape index (κ2) is 11.5. The predicted octanol–water partition coefficient (Wildman–Crippen LogP) is 2.80. The third-order valence-electron chi connectivity index (χ3n) is 1.24. The maximum atomic E-state index is 3.78. The average molecular weight is 252 g/mol. The van der Waals surface area contributed by atoms with E-state index in [0.29, 0.717) is 0 Å². The van der Waals surface area contributed by atoms with Crippen molar-refractivity contribution in [2.75, 3.05) is 27.7 Å². The van der Waals surface area contributed by atoms with Gasteiger partial charge in [-0.1, -0.05) is 12.6 Å². The van der Waals surface area contributed by atoms with Crippen molar-refractivity contribution in [2.24, 2.45) is 0 Å². The van der Waals surface area contributed by atoms with Crippen molar-refractivity contribution in [1.29, 1.82) is 0 Å². The summed E-state index contributed by atoms with van der Waals surface area (Å²) in [7, 11) is 6.42. The van der Waals surface area contributed by atoms with Crippen molar-refractivity contribution >= 4 is 24.8 Å². The van der Waals surface area contributed by atoms with Gasteiger partial charge in [-0.25, -0.2) is 0 Å². The summed E-state index contributed by atoms with van der Waals surface area (Å²) in [4.78, 5) is 3.78. The molecule has 0 aliphatic rings. The lowest BCUT2D eigenvalue weighted by Crippen LogP contribution is -2.33. The number of nitrogens with zero attached hydrogens (tertiary/aromatic N) is 2. The first-order valence-corrected chi connectivity index (χ1v) is 4.32. The molecule has 0 atom stereocenters. The Labute approximate surface area is 105 Å². The van der Waals surface area contributed by atoms with E-state index in [2.05, 4.69) is 32.7 Å². The van der Waals surface area contributed by atoms with Gasteiger partial charge in [-0.05, 0) is 18.2 Å². The predicted molar refractivity (Wildman–Crippen MR) is 71.8 cm³/mol. The van der Waals surface area contributed by atoms with Crippen LogP contribution in [0, 0.1) is 0 Å². The van der Waals surface area contributed by atoms with Crippen LogP contribution >= 0.6 is 24.8 Å². The molecule has 1 heterocycles. The van der Waals surface area contributed by atoms with Gasteiger partial charge in [0.15, 0.2) is 0 Å². The molecule has 2 nitrogen and oxygen atoms in total. The van der Waals surface area contributed by atoms with Gasteiger partial charge in [0, 0.05) is 12.4 Å². The van der Waals surface area contributed by atoms with Crippen LogP contribution in [0.4, 0.5) is 0 Å². The molecule has 0 saturated heterocycles. The van der Waals surface area contributed by atoms with Crippen LogP contribution in [0.5, 0.6) is 0 Å². The highest BCUT2D eigenvalue weighted by atomic mass is 35.5. The largest absolute Gasteiger partial charge is 0.328 e. The second-order valence-corrected chi connectivity index (χ2v) is 3.79. The maximum absolute atomic E-state index is 3.78. The van der Waals surface area contributed by atoms with E-state index < -0.39 is 0 Å². The van der Waals surface area contributed by atoms with Crippen LogP contribution in [0.2, 0.25) is 0 Å². The molecule has 15 heavy (non-hydrogen) atoms. The summed E-state index contributed by atoms with van der Waals surface area (Å²) in [5, 5.41) is 0. The molecule has 0 saturated carbocycles. The molecule has 0 radical (unpaired) electrons. The number of pyridine rings is 1. The Morgan fingerprint density at radius 1 is 1.07 bits per heavy atom. The molecule has 88 valence electrons. The van der Waals surface area contributed by atoms with Crippen molar-refractivity contribution in [2.45, 2.75) is 0 Å². The quantitative estimate of drug-likeness (QED) is 0.582. The number of quaternary nitrogens is 1. The Bertz CT molecular complexity index is 193. The third-order valence-corrected chi connectivity index (χ3v) is 1.24. The van der Waals surface area contributed by atoms with Crippen molar-refractivity contribution in [3.8, 4) is 0 Å². The van der Waals surface area contributed by atoms with Gasteiger partial charge in [0.2, 0.25) is 0 Å². The molecule has 0 unspecified atom stereocenters. The van der Waals surface area contributed by atoms with Crippen LogP contribution in [0.15, 0.2) is 43.2 Å². The normalized spacial score (nSPS) is 8.47. The summed E-state index contributed by atoms with van der Waals surface area (Å²) in [5.41, 5.74) is 0. The van der Waals surface area contributed by atoms with E-state index >= 15 is 0 Å². The van der Waals surface area contributed by atoms with Gasteiger partial charge < -0.3 is 4.48 Å². The van der Waals surface area contributed by atoms with E-state index in [1.807, 2.05) is 24.3 Å². The number of aromatic nitrogens is 1. The minimum absolute atomic E-state index is 0. The minimum atomic E-state index is 0. The fourth-order valence-electron chi connectivity index (χ4n) is 0.700. The topological polar surface area (TPSA) is 12.9 Å². The summed E-state index contributed by atoms with van der Waals surface area (Å²) in [5.74, 6) is 0.